The van der Waals surface area contributed by atoms with Gasteiger partial charge in [0.2, 0.25) is 15.0 Å². The fourth-order valence-electron chi connectivity index (χ4n) is 2.27. The minimum absolute atomic E-state index is 0.00899. The molecule has 9 nitrogen and oxygen atoms in total. The molecule has 0 aliphatic heterocycles. The maximum atomic E-state index is 12.3. The lowest BCUT2D eigenvalue weighted by Gasteiger charge is -2.05. The fraction of sp³-hybridized carbons (Fsp3) is 0.500. The highest BCUT2D eigenvalue weighted by molar-refractivity contribution is 7.90. The first-order chi connectivity index (χ1) is 11.2. The third kappa shape index (κ3) is 3.13. The van der Waals surface area contributed by atoms with Crippen molar-refractivity contribution in [3.05, 3.63) is 20.8 Å². The number of fused-ring (bicyclic) bond motifs is 1. The van der Waals surface area contributed by atoms with Crippen LogP contribution in [0, 0.1) is 11.8 Å². The van der Waals surface area contributed by atoms with Crippen molar-refractivity contribution in [2.24, 2.45) is 14.1 Å². The normalized spacial score (nSPS) is 11.5. The SMILES string of the molecule is CCNCC#CCn1c(=O)n(C)c(=O)c2c1nc(S(C)(=O)=O)n2C. The van der Waals surface area contributed by atoms with Gasteiger partial charge < -0.3 is 9.88 Å². The van der Waals surface area contributed by atoms with Gasteiger partial charge in [-0.1, -0.05) is 18.8 Å². The van der Waals surface area contributed by atoms with Crippen LogP contribution in [0.3, 0.4) is 0 Å². The number of nitrogens with one attached hydrogen (secondary N) is 1. The van der Waals surface area contributed by atoms with Gasteiger partial charge in [-0.15, -0.1) is 0 Å². The van der Waals surface area contributed by atoms with Gasteiger partial charge in [-0.25, -0.2) is 13.2 Å². The Hall–Kier alpha value is -2.38. The molecule has 0 spiro atoms. The van der Waals surface area contributed by atoms with E-state index >= 15 is 0 Å². The fourth-order valence-corrected chi connectivity index (χ4v) is 3.11. The van der Waals surface area contributed by atoms with E-state index in [0.29, 0.717) is 6.54 Å². The number of hydrogen-bond donors (Lipinski definition) is 1. The second-order valence-corrected chi connectivity index (χ2v) is 7.17. The number of sulfone groups is 1. The summed E-state index contributed by atoms with van der Waals surface area (Å²) >= 11 is 0. The van der Waals surface area contributed by atoms with E-state index in [-0.39, 0.29) is 22.9 Å². The molecule has 0 unspecified atom stereocenters. The van der Waals surface area contributed by atoms with Crippen molar-refractivity contribution in [1.82, 2.24) is 24.0 Å². The number of nitrogens with zero attached hydrogens (tertiary/aromatic N) is 4. The lowest BCUT2D eigenvalue weighted by atomic mass is 10.4. The summed E-state index contributed by atoms with van der Waals surface area (Å²) in [7, 11) is -0.882. The standard InChI is InChI=1S/C14H19N5O4S/c1-5-15-8-6-7-9-19-11-10(12(20)18(3)14(19)21)17(2)13(16-11)24(4,22)23/h15H,5,8-9H2,1-4H3. The third-order valence-corrected chi connectivity index (χ3v) is 4.50. The summed E-state index contributed by atoms with van der Waals surface area (Å²) in [5.74, 6) is 5.67. The van der Waals surface area contributed by atoms with Gasteiger partial charge in [0.15, 0.2) is 11.2 Å². The molecule has 24 heavy (non-hydrogen) atoms. The highest BCUT2D eigenvalue weighted by Gasteiger charge is 2.23. The zero-order valence-corrected chi connectivity index (χ0v) is 14.8. The number of hydrogen-bond acceptors (Lipinski definition) is 6. The Morgan fingerprint density at radius 2 is 1.83 bits per heavy atom. The number of rotatable bonds is 4. The van der Waals surface area contributed by atoms with Crippen molar-refractivity contribution in [2.45, 2.75) is 18.6 Å². The molecule has 130 valence electrons. The van der Waals surface area contributed by atoms with E-state index in [9.17, 15) is 18.0 Å². The molecule has 2 aromatic rings. The Morgan fingerprint density at radius 3 is 2.42 bits per heavy atom. The summed E-state index contributed by atoms with van der Waals surface area (Å²) in [6.45, 7) is 3.20. The molecule has 10 heteroatoms. The summed E-state index contributed by atoms with van der Waals surface area (Å²) in [4.78, 5) is 28.7. The van der Waals surface area contributed by atoms with Crippen LogP contribution in [0.1, 0.15) is 6.92 Å². The van der Waals surface area contributed by atoms with Crippen LogP contribution in [0.15, 0.2) is 14.7 Å². The molecule has 0 aliphatic carbocycles. The van der Waals surface area contributed by atoms with Gasteiger partial charge in [-0.2, -0.15) is 4.98 Å². The van der Waals surface area contributed by atoms with Crippen LogP contribution in [0.4, 0.5) is 0 Å². The topological polar surface area (TPSA) is 108 Å². The third-order valence-electron chi connectivity index (χ3n) is 3.47. The van der Waals surface area contributed by atoms with Crippen LogP contribution in [-0.4, -0.2) is 46.4 Å². The van der Waals surface area contributed by atoms with Gasteiger partial charge >= 0.3 is 5.69 Å². The highest BCUT2D eigenvalue weighted by atomic mass is 32.2. The minimum atomic E-state index is -3.64. The van der Waals surface area contributed by atoms with E-state index in [1.54, 1.807) is 0 Å². The molecule has 2 heterocycles. The van der Waals surface area contributed by atoms with Crippen molar-refractivity contribution in [3.8, 4) is 11.8 Å². The van der Waals surface area contributed by atoms with Crippen molar-refractivity contribution < 1.29 is 8.42 Å². The maximum absolute atomic E-state index is 12.3. The molecule has 0 saturated carbocycles. The van der Waals surface area contributed by atoms with Gasteiger partial charge in [0.05, 0.1) is 13.1 Å². The average molecular weight is 353 g/mol. The molecule has 1 N–H and O–H groups in total. The molecule has 0 amide bonds. The van der Waals surface area contributed by atoms with Crippen LogP contribution in [0.25, 0.3) is 11.2 Å². The molecule has 0 aromatic carbocycles. The molecule has 2 aromatic heterocycles. The number of aryl methyl sites for hydroxylation is 1. The highest BCUT2D eigenvalue weighted by Crippen LogP contribution is 2.13. The Kier molecular flexibility index (Phi) is 4.96. The summed E-state index contributed by atoms with van der Waals surface area (Å²) in [6, 6.07) is 0. The van der Waals surface area contributed by atoms with Gasteiger partial charge in [-0.05, 0) is 6.54 Å². The summed E-state index contributed by atoms with van der Waals surface area (Å²) in [5, 5.41) is 2.76. The van der Waals surface area contributed by atoms with E-state index in [4.69, 9.17) is 0 Å². The second-order valence-electron chi connectivity index (χ2n) is 5.26. The van der Waals surface area contributed by atoms with Crippen LogP contribution >= 0.6 is 0 Å². The zero-order valence-electron chi connectivity index (χ0n) is 14.0. The molecular weight excluding hydrogens is 334 g/mol. The zero-order chi connectivity index (χ0) is 18.1. The lowest BCUT2D eigenvalue weighted by molar-refractivity contribution is 0.586. The molecule has 0 aliphatic rings. The van der Waals surface area contributed by atoms with Crippen LogP contribution in [-0.2, 0) is 30.5 Å². The van der Waals surface area contributed by atoms with E-state index in [2.05, 4.69) is 22.1 Å². The summed E-state index contributed by atoms with van der Waals surface area (Å²) in [6.07, 6.45) is 0.997. The molecule has 0 bridgehead atoms. The number of imidazole rings is 1. The Morgan fingerprint density at radius 1 is 1.17 bits per heavy atom. The molecular formula is C14H19N5O4S. The van der Waals surface area contributed by atoms with Crippen LogP contribution in [0.2, 0.25) is 0 Å². The van der Waals surface area contributed by atoms with Crippen molar-refractivity contribution >= 4 is 21.0 Å². The maximum Gasteiger partial charge on any atom is 0.333 e. The smallest absolute Gasteiger partial charge is 0.312 e. The van der Waals surface area contributed by atoms with E-state index in [0.717, 1.165) is 17.4 Å². The Labute approximate surface area is 138 Å². The Bertz CT molecular complexity index is 1060. The van der Waals surface area contributed by atoms with Crippen molar-refractivity contribution in [2.75, 3.05) is 19.3 Å². The monoisotopic (exact) mass is 353 g/mol. The molecule has 0 atom stereocenters. The van der Waals surface area contributed by atoms with Gasteiger partial charge in [0.25, 0.3) is 5.56 Å². The lowest BCUT2D eigenvalue weighted by Crippen LogP contribution is -2.38. The first kappa shape index (κ1) is 18.0. The molecule has 2 rings (SSSR count). The van der Waals surface area contributed by atoms with Gasteiger partial charge in [-0.3, -0.25) is 13.9 Å². The average Bonchev–Trinajstić information content (AvgIpc) is 2.85. The minimum Gasteiger partial charge on any atom is -0.312 e. The first-order valence-corrected chi connectivity index (χ1v) is 9.12. The largest absolute Gasteiger partial charge is 0.333 e. The van der Waals surface area contributed by atoms with E-state index < -0.39 is 21.1 Å². The predicted molar refractivity (Wildman–Crippen MR) is 89.6 cm³/mol. The summed E-state index contributed by atoms with van der Waals surface area (Å²) in [5.41, 5.74) is -1.13. The summed E-state index contributed by atoms with van der Waals surface area (Å²) < 4.78 is 27.0. The predicted octanol–water partition coefficient (Wildman–Crippen LogP) is -1.55. The molecule has 0 fully saturated rings. The van der Waals surface area contributed by atoms with Crippen molar-refractivity contribution in [3.63, 3.8) is 0 Å². The van der Waals surface area contributed by atoms with Gasteiger partial charge in [0, 0.05) is 20.4 Å². The molecule has 0 radical (unpaired) electrons. The van der Waals surface area contributed by atoms with Gasteiger partial charge in [0.1, 0.15) is 0 Å². The van der Waals surface area contributed by atoms with Crippen LogP contribution < -0.4 is 16.6 Å². The van der Waals surface area contributed by atoms with E-state index in [1.165, 1.54) is 23.2 Å². The van der Waals surface area contributed by atoms with E-state index in [1.807, 2.05) is 6.92 Å². The number of aromatic nitrogens is 4. The quantitative estimate of drug-likeness (QED) is 0.527. The molecule has 0 saturated heterocycles. The van der Waals surface area contributed by atoms with Crippen LogP contribution in [0.5, 0.6) is 0 Å². The first-order valence-electron chi connectivity index (χ1n) is 7.22. The van der Waals surface area contributed by atoms with Crippen molar-refractivity contribution in [1.29, 1.82) is 0 Å². The second kappa shape index (κ2) is 6.62. The Balaban J connectivity index is 2.73.